The van der Waals surface area contributed by atoms with Crippen molar-refractivity contribution in [3.05, 3.63) is 59.7 Å². The summed E-state index contributed by atoms with van der Waals surface area (Å²) in [5.41, 5.74) is 5.05. The number of amides is 1. The molecular formula is C15H16N3O3PY. The number of aryl methyl sites for hydroxylation is 1. The molecule has 0 heterocycles. The molecule has 0 aromatic heterocycles. The molecule has 1 unspecified atom stereocenters. The average Bonchev–Trinajstić information content (AvgIpc) is 2.52. The van der Waals surface area contributed by atoms with Gasteiger partial charge in [-0.05, 0) is 43.3 Å². The fourth-order valence-electron chi connectivity index (χ4n) is 1.58. The largest absolute Gasteiger partial charge is 0.294 e. The van der Waals surface area contributed by atoms with E-state index in [2.05, 4.69) is 20.3 Å². The molecule has 0 fully saturated rings. The standard InChI is InChI=1S/C15H16N3O3P.Y/c1-11-3-7-13(8-4-11)16-17-14-9-5-12(6-10-14)15(19)18-21-22(2)20;/h3-10,22H,1-2H3,(H,18,19);. The molecule has 0 aliphatic heterocycles. The van der Waals surface area contributed by atoms with Crippen LogP contribution in [-0.2, 0) is 41.9 Å². The second kappa shape index (κ2) is 9.83. The van der Waals surface area contributed by atoms with Crippen molar-refractivity contribution < 1.29 is 46.7 Å². The van der Waals surface area contributed by atoms with E-state index in [0.717, 1.165) is 11.3 Å². The number of nitrogens with one attached hydrogen (secondary N) is 1. The Labute approximate surface area is 160 Å². The summed E-state index contributed by atoms with van der Waals surface area (Å²) in [6, 6.07) is 14.2. The molecule has 0 aliphatic rings. The molecule has 0 bridgehead atoms. The van der Waals surface area contributed by atoms with Crippen LogP contribution >= 0.6 is 8.03 Å². The summed E-state index contributed by atoms with van der Waals surface area (Å²) in [4.78, 5) is 11.7. The number of hydroxylamine groups is 1. The number of hydrogen-bond acceptors (Lipinski definition) is 5. The number of azo groups is 1. The third-order valence-electron chi connectivity index (χ3n) is 2.73. The van der Waals surface area contributed by atoms with Gasteiger partial charge in [-0.25, -0.2) is 10.1 Å². The topological polar surface area (TPSA) is 80.1 Å². The Morgan fingerprint density at radius 3 is 1.96 bits per heavy atom. The fraction of sp³-hybridized carbons (Fsp3) is 0.133. The van der Waals surface area contributed by atoms with Gasteiger partial charge in [-0.1, -0.05) is 17.7 Å². The molecule has 1 N–H and O–H groups in total. The van der Waals surface area contributed by atoms with Gasteiger partial charge in [0.2, 0.25) is 8.03 Å². The molecule has 0 saturated carbocycles. The number of carbonyl (C=O) groups is 1. The van der Waals surface area contributed by atoms with Crippen LogP contribution in [0, 0.1) is 6.92 Å². The zero-order valence-corrected chi connectivity index (χ0v) is 16.7. The Bertz CT molecular complexity index is 703. The van der Waals surface area contributed by atoms with E-state index >= 15 is 0 Å². The summed E-state index contributed by atoms with van der Waals surface area (Å²) in [5.74, 6) is -0.456. The number of rotatable bonds is 5. The maximum atomic E-state index is 11.7. The van der Waals surface area contributed by atoms with Crippen molar-refractivity contribution >= 4 is 25.3 Å². The number of nitrogens with zero attached hydrogens (tertiary/aromatic N) is 2. The molecule has 2 aromatic carbocycles. The normalized spacial score (nSPS) is 11.7. The first-order chi connectivity index (χ1) is 10.5. The molecule has 0 saturated heterocycles. The van der Waals surface area contributed by atoms with Gasteiger partial charge in [-0.15, -0.1) is 0 Å². The first kappa shape index (κ1) is 19.8. The second-order valence-electron chi connectivity index (χ2n) is 4.61. The van der Waals surface area contributed by atoms with Crippen LogP contribution in [-0.4, -0.2) is 12.6 Å². The van der Waals surface area contributed by atoms with Crippen molar-refractivity contribution in [3.8, 4) is 0 Å². The quantitative estimate of drug-likeness (QED) is 0.460. The minimum Gasteiger partial charge on any atom is -0.294 e. The number of hydrogen-bond donors (Lipinski definition) is 1. The van der Waals surface area contributed by atoms with Crippen LogP contribution in [0.4, 0.5) is 11.4 Å². The van der Waals surface area contributed by atoms with Crippen molar-refractivity contribution in [3.63, 3.8) is 0 Å². The van der Waals surface area contributed by atoms with E-state index in [1.165, 1.54) is 6.66 Å². The van der Waals surface area contributed by atoms with Crippen LogP contribution in [0.3, 0.4) is 0 Å². The van der Waals surface area contributed by atoms with Crippen molar-refractivity contribution in [1.29, 1.82) is 0 Å². The summed E-state index contributed by atoms with van der Waals surface area (Å²) in [6.45, 7) is 3.39. The summed E-state index contributed by atoms with van der Waals surface area (Å²) < 4.78 is 15.4. The van der Waals surface area contributed by atoms with Gasteiger partial charge >= 0.3 is 0 Å². The van der Waals surface area contributed by atoms with Crippen LogP contribution in [0.2, 0.25) is 0 Å². The molecule has 1 amide bonds. The average molecular weight is 406 g/mol. The van der Waals surface area contributed by atoms with E-state index < -0.39 is 13.9 Å². The first-order valence-electron chi connectivity index (χ1n) is 6.61. The molecule has 6 nitrogen and oxygen atoms in total. The van der Waals surface area contributed by atoms with E-state index in [-0.39, 0.29) is 32.7 Å². The molecular weight excluding hydrogens is 390 g/mol. The summed E-state index contributed by atoms with van der Waals surface area (Å²) >= 11 is 0. The summed E-state index contributed by atoms with van der Waals surface area (Å²) in [6.07, 6.45) is 0. The second-order valence-corrected chi connectivity index (χ2v) is 5.79. The third-order valence-corrected chi connectivity index (χ3v) is 3.12. The third kappa shape index (κ3) is 6.84. The molecule has 2 rings (SSSR count). The van der Waals surface area contributed by atoms with Gasteiger partial charge in [0, 0.05) is 44.9 Å². The summed E-state index contributed by atoms with van der Waals surface area (Å²) in [5, 5.41) is 8.21. The first-order valence-corrected chi connectivity index (χ1v) is 8.42. The van der Waals surface area contributed by atoms with E-state index in [9.17, 15) is 9.36 Å². The number of benzene rings is 2. The molecule has 2 aromatic rings. The smallest absolute Gasteiger partial charge is 0.275 e. The van der Waals surface area contributed by atoms with E-state index in [1.54, 1.807) is 24.3 Å². The molecule has 0 aliphatic carbocycles. The Morgan fingerprint density at radius 1 is 1.00 bits per heavy atom. The molecule has 23 heavy (non-hydrogen) atoms. The zero-order valence-electron chi connectivity index (χ0n) is 12.8. The Kier molecular flexibility index (Phi) is 8.49. The van der Waals surface area contributed by atoms with Gasteiger partial charge in [0.15, 0.2) is 0 Å². The van der Waals surface area contributed by atoms with E-state index in [0.29, 0.717) is 11.3 Å². The maximum absolute atomic E-state index is 11.7. The van der Waals surface area contributed by atoms with Crippen LogP contribution in [0.1, 0.15) is 15.9 Å². The fourth-order valence-corrected chi connectivity index (χ4v) is 1.82. The van der Waals surface area contributed by atoms with Gasteiger partial charge in [-0.3, -0.25) is 9.36 Å². The molecule has 1 radical (unpaired) electrons. The molecule has 0 spiro atoms. The summed E-state index contributed by atoms with van der Waals surface area (Å²) in [7, 11) is -2.20. The Hall–Kier alpha value is -1.20. The SMILES string of the molecule is Cc1ccc(N=Nc2ccc(C(=O)NO[PH](C)=O)cc2)cc1.[Y]. The predicted molar refractivity (Wildman–Crippen MR) is 85.3 cm³/mol. The molecule has 8 heteroatoms. The van der Waals surface area contributed by atoms with Gasteiger partial charge in [0.1, 0.15) is 0 Å². The minimum absolute atomic E-state index is 0. The maximum Gasteiger partial charge on any atom is 0.275 e. The van der Waals surface area contributed by atoms with Crippen molar-refractivity contribution in [1.82, 2.24) is 5.48 Å². The van der Waals surface area contributed by atoms with Crippen molar-refractivity contribution in [2.75, 3.05) is 6.66 Å². The van der Waals surface area contributed by atoms with Gasteiger partial charge in [0.25, 0.3) is 5.91 Å². The van der Waals surface area contributed by atoms with E-state index in [1.807, 2.05) is 31.2 Å². The van der Waals surface area contributed by atoms with E-state index in [4.69, 9.17) is 0 Å². The van der Waals surface area contributed by atoms with Crippen molar-refractivity contribution in [2.45, 2.75) is 6.92 Å². The molecule has 117 valence electrons. The monoisotopic (exact) mass is 406 g/mol. The van der Waals surface area contributed by atoms with Crippen molar-refractivity contribution in [2.24, 2.45) is 10.2 Å². The van der Waals surface area contributed by atoms with Gasteiger partial charge < -0.3 is 0 Å². The number of carbonyl (C=O) groups excluding carboxylic acids is 1. The Morgan fingerprint density at radius 2 is 1.48 bits per heavy atom. The predicted octanol–water partition coefficient (Wildman–Crippen LogP) is 4.17. The van der Waals surface area contributed by atoms with Crippen LogP contribution in [0.15, 0.2) is 58.8 Å². The van der Waals surface area contributed by atoms with Crippen LogP contribution in [0.5, 0.6) is 0 Å². The Balaban J connectivity index is 0.00000264. The van der Waals surface area contributed by atoms with Gasteiger partial charge in [-0.2, -0.15) is 10.2 Å². The zero-order chi connectivity index (χ0) is 15.9. The minimum atomic E-state index is -2.20. The molecule has 1 atom stereocenters. The van der Waals surface area contributed by atoms with Gasteiger partial charge in [0.05, 0.1) is 11.4 Å². The van der Waals surface area contributed by atoms with Crippen LogP contribution in [0.25, 0.3) is 0 Å². The van der Waals surface area contributed by atoms with Crippen LogP contribution < -0.4 is 5.48 Å².